The number of hydrogen-bond acceptors (Lipinski definition) is 4. The highest BCUT2D eigenvalue weighted by molar-refractivity contribution is 6.14. The van der Waals surface area contributed by atoms with Gasteiger partial charge in [-0.3, -0.25) is 24.1 Å². The first-order valence-electron chi connectivity index (χ1n) is 10.8. The summed E-state index contributed by atoms with van der Waals surface area (Å²) in [5, 5.41) is 4.61. The molecule has 5 rings (SSSR count). The Bertz CT molecular complexity index is 1230. The molecule has 1 spiro atoms. The predicted octanol–water partition coefficient (Wildman–Crippen LogP) is 0.212. The van der Waals surface area contributed by atoms with Crippen molar-refractivity contribution in [3.63, 3.8) is 0 Å². The van der Waals surface area contributed by atoms with E-state index in [9.17, 15) is 23.6 Å². The summed E-state index contributed by atoms with van der Waals surface area (Å²) in [5.74, 6) is -4.17. The van der Waals surface area contributed by atoms with Crippen LogP contribution in [0.4, 0.5) is 10.1 Å². The number of nitrogens with one attached hydrogen (secondary N) is 1. The molecule has 2 aromatic rings. The Labute approximate surface area is 189 Å². The molecule has 5 N–H and O–H groups in total. The third-order valence-corrected chi connectivity index (χ3v) is 7.36. The van der Waals surface area contributed by atoms with E-state index < -0.39 is 47.0 Å². The van der Waals surface area contributed by atoms with Crippen molar-refractivity contribution in [1.29, 1.82) is 0 Å². The largest absolute Gasteiger partial charge is 0.369 e. The minimum Gasteiger partial charge on any atom is -0.369 e. The second kappa shape index (κ2) is 7.21. The van der Waals surface area contributed by atoms with Crippen molar-refractivity contribution in [2.75, 3.05) is 5.32 Å². The molecule has 0 saturated carbocycles. The van der Waals surface area contributed by atoms with Crippen molar-refractivity contribution >= 4 is 29.3 Å². The summed E-state index contributed by atoms with van der Waals surface area (Å²) >= 11 is 0. The first-order valence-corrected chi connectivity index (χ1v) is 10.8. The minimum atomic E-state index is -1.36. The van der Waals surface area contributed by atoms with Gasteiger partial charge < -0.3 is 16.4 Å². The number of aryl methyl sites for hydroxylation is 1. The zero-order valence-corrected chi connectivity index (χ0v) is 18.2. The van der Waals surface area contributed by atoms with Gasteiger partial charge >= 0.3 is 0 Å². The van der Waals surface area contributed by atoms with E-state index in [1.165, 1.54) is 24.3 Å². The second-order valence-electron chi connectivity index (χ2n) is 9.15. The van der Waals surface area contributed by atoms with Gasteiger partial charge in [-0.25, -0.2) is 4.39 Å². The Balaban J connectivity index is 1.61. The molecule has 4 atom stereocenters. The molecule has 3 aliphatic rings. The summed E-state index contributed by atoms with van der Waals surface area (Å²) in [6, 6.07) is 8.60. The lowest BCUT2D eigenvalue weighted by Gasteiger charge is -2.26. The molecule has 33 heavy (non-hydrogen) atoms. The summed E-state index contributed by atoms with van der Waals surface area (Å²) < 4.78 is 13.3. The number of anilines is 1. The Morgan fingerprint density at radius 1 is 1.12 bits per heavy atom. The topological polar surface area (TPSA) is 126 Å². The first-order chi connectivity index (χ1) is 15.6. The predicted molar refractivity (Wildman–Crippen MR) is 115 cm³/mol. The zero-order chi connectivity index (χ0) is 23.7. The van der Waals surface area contributed by atoms with Crippen molar-refractivity contribution < 1.29 is 28.9 Å². The lowest BCUT2D eigenvalue weighted by Crippen LogP contribution is -2.99. The van der Waals surface area contributed by atoms with Gasteiger partial charge in [0.15, 0.2) is 0 Å². The number of fused-ring (bicyclic) bond motifs is 4. The van der Waals surface area contributed by atoms with Gasteiger partial charge in [-0.05, 0) is 48.7 Å². The number of halogens is 1. The number of rotatable bonds is 4. The fraction of sp³-hybridized carbons (Fsp3) is 0.333. The lowest BCUT2D eigenvalue weighted by atomic mass is 9.76. The number of benzene rings is 2. The Kier molecular flexibility index (Phi) is 4.65. The van der Waals surface area contributed by atoms with Crippen LogP contribution in [0.1, 0.15) is 28.7 Å². The highest BCUT2D eigenvalue weighted by Crippen LogP contribution is 2.50. The van der Waals surface area contributed by atoms with Crippen LogP contribution in [0.25, 0.3) is 0 Å². The second-order valence-corrected chi connectivity index (χ2v) is 9.15. The molecule has 2 aromatic carbocycles. The van der Waals surface area contributed by atoms with Crippen LogP contribution in [0.5, 0.6) is 0 Å². The van der Waals surface area contributed by atoms with E-state index in [1.807, 2.05) is 26.0 Å². The summed E-state index contributed by atoms with van der Waals surface area (Å²) in [6.45, 7) is 3.79. The Hall–Kier alpha value is -3.59. The average molecular weight is 451 g/mol. The van der Waals surface area contributed by atoms with Crippen LogP contribution in [0.15, 0.2) is 36.4 Å². The van der Waals surface area contributed by atoms with E-state index >= 15 is 0 Å². The minimum absolute atomic E-state index is 0.0360. The number of nitrogens with two attached hydrogens (primary N) is 2. The van der Waals surface area contributed by atoms with Crippen LogP contribution < -0.4 is 16.4 Å². The standard InChI is InChI=1S/C24H23FN4O4/c1-11-3-8-15-20(12(11)2)27-23(33)24(15)19-18(16(28-24)9-17(26)30)21(31)29(22(19)32)10-13-4-6-14(25)7-5-13/h3-8,16,18-19,28H,9-10H2,1-2H3,(H2,26,30)(H,27,33)/p+1/t16-,18+,19-,24-/m0/s1. The molecular formula is C24H24FN4O4+. The number of amides is 4. The van der Waals surface area contributed by atoms with Gasteiger partial charge in [0.1, 0.15) is 23.7 Å². The molecule has 2 saturated heterocycles. The third-order valence-electron chi connectivity index (χ3n) is 7.36. The average Bonchev–Trinajstić information content (AvgIpc) is 3.33. The maximum absolute atomic E-state index is 13.7. The molecule has 8 nitrogen and oxygen atoms in total. The fourth-order valence-electron chi connectivity index (χ4n) is 5.69. The molecule has 0 radical (unpaired) electrons. The van der Waals surface area contributed by atoms with Crippen molar-refractivity contribution in [1.82, 2.24) is 4.90 Å². The van der Waals surface area contributed by atoms with Gasteiger partial charge in [0.05, 0.1) is 18.7 Å². The zero-order valence-electron chi connectivity index (χ0n) is 18.2. The lowest BCUT2D eigenvalue weighted by molar-refractivity contribution is -0.732. The van der Waals surface area contributed by atoms with Crippen LogP contribution >= 0.6 is 0 Å². The molecule has 3 heterocycles. The maximum atomic E-state index is 13.7. The van der Waals surface area contributed by atoms with Gasteiger partial charge in [-0.1, -0.05) is 18.2 Å². The normalized spacial score (nSPS) is 27.8. The number of imide groups is 1. The quantitative estimate of drug-likeness (QED) is 0.575. The van der Waals surface area contributed by atoms with Crippen molar-refractivity contribution in [3.05, 3.63) is 64.5 Å². The van der Waals surface area contributed by atoms with E-state index in [-0.39, 0.29) is 18.9 Å². The molecule has 0 bridgehead atoms. The molecule has 4 amide bonds. The highest BCUT2D eigenvalue weighted by atomic mass is 19.1. The van der Waals surface area contributed by atoms with Crippen LogP contribution in [0.3, 0.4) is 0 Å². The summed E-state index contributed by atoms with van der Waals surface area (Å²) in [4.78, 5) is 53.6. The monoisotopic (exact) mass is 451 g/mol. The Morgan fingerprint density at radius 2 is 1.82 bits per heavy atom. The van der Waals surface area contributed by atoms with Gasteiger partial charge in [-0.15, -0.1) is 0 Å². The summed E-state index contributed by atoms with van der Waals surface area (Å²) in [7, 11) is 0. The molecule has 0 aromatic heterocycles. The maximum Gasteiger partial charge on any atom is 0.291 e. The first kappa shape index (κ1) is 21.3. The number of primary amides is 1. The molecule has 0 aliphatic carbocycles. The number of nitrogens with zero attached hydrogens (tertiary/aromatic N) is 1. The number of likely N-dealkylation sites (tertiary alicyclic amines) is 1. The van der Waals surface area contributed by atoms with E-state index in [1.54, 1.807) is 5.32 Å². The molecule has 9 heteroatoms. The Morgan fingerprint density at radius 3 is 2.48 bits per heavy atom. The summed E-state index contributed by atoms with van der Waals surface area (Å²) in [5.41, 5.74) is 7.86. The van der Waals surface area contributed by atoms with Gasteiger partial charge in [0.2, 0.25) is 23.3 Å². The van der Waals surface area contributed by atoms with E-state index in [0.29, 0.717) is 16.8 Å². The smallest absolute Gasteiger partial charge is 0.291 e. The fourth-order valence-corrected chi connectivity index (χ4v) is 5.69. The third kappa shape index (κ3) is 2.92. The molecular weight excluding hydrogens is 427 g/mol. The van der Waals surface area contributed by atoms with Crippen LogP contribution in [-0.4, -0.2) is 34.6 Å². The SMILES string of the molecule is Cc1ccc2c(c1C)NC(=O)[C@]21[NH2+][C@@H](CC(N)=O)[C@H]2C(=O)N(Cc3ccc(F)cc3)C(=O)[C@H]21. The molecule has 3 aliphatic heterocycles. The summed E-state index contributed by atoms with van der Waals surface area (Å²) in [6.07, 6.45) is -0.139. The van der Waals surface area contributed by atoms with E-state index in [4.69, 9.17) is 5.73 Å². The van der Waals surface area contributed by atoms with Gasteiger partial charge in [0, 0.05) is 5.56 Å². The van der Waals surface area contributed by atoms with Crippen LogP contribution in [0, 0.1) is 31.5 Å². The van der Waals surface area contributed by atoms with Crippen molar-refractivity contribution in [3.8, 4) is 0 Å². The van der Waals surface area contributed by atoms with Crippen LogP contribution in [-0.2, 0) is 31.3 Å². The van der Waals surface area contributed by atoms with E-state index in [0.717, 1.165) is 16.0 Å². The van der Waals surface area contributed by atoms with Crippen molar-refractivity contribution in [2.24, 2.45) is 17.6 Å². The number of quaternary nitrogens is 1. The molecule has 0 unspecified atom stereocenters. The van der Waals surface area contributed by atoms with Crippen molar-refractivity contribution in [2.45, 2.75) is 38.4 Å². The number of carbonyl (C=O) groups is 4. The van der Waals surface area contributed by atoms with Crippen LogP contribution in [0.2, 0.25) is 0 Å². The number of hydrogen-bond donors (Lipinski definition) is 3. The molecule has 2 fully saturated rings. The van der Waals surface area contributed by atoms with Gasteiger partial charge in [0.25, 0.3) is 5.91 Å². The number of carbonyl (C=O) groups excluding carboxylic acids is 4. The van der Waals surface area contributed by atoms with Gasteiger partial charge in [-0.2, -0.15) is 0 Å². The van der Waals surface area contributed by atoms with E-state index in [2.05, 4.69) is 5.32 Å². The molecule has 170 valence electrons. The highest BCUT2D eigenvalue weighted by Gasteiger charge is 2.74.